The van der Waals surface area contributed by atoms with Crippen molar-refractivity contribution in [1.82, 2.24) is 14.1 Å². The summed E-state index contributed by atoms with van der Waals surface area (Å²) >= 11 is 0. The van der Waals surface area contributed by atoms with E-state index in [4.69, 9.17) is 0 Å². The lowest BCUT2D eigenvalue weighted by molar-refractivity contribution is 0.795. The lowest BCUT2D eigenvalue weighted by atomic mass is 10.1. The molecule has 0 unspecified atom stereocenters. The Morgan fingerprint density at radius 3 is 2.62 bits per heavy atom. The van der Waals surface area contributed by atoms with E-state index in [0.29, 0.717) is 17.4 Å². The lowest BCUT2D eigenvalue weighted by Gasteiger charge is -2.07. The fourth-order valence-electron chi connectivity index (χ4n) is 2.07. The Labute approximate surface area is 124 Å². The van der Waals surface area contributed by atoms with Gasteiger partial charge in [-0.05, 0) is 25.0 Å². The van der Waals surface area contributed by atoms with Gasteiger partial charge in [0.2, 0.25) is 0 Å². The molecule has 0 aliphatic carbocycles. The molecule has 0 radical (unpaired) electrons. The van der Waals surface area contributed by atoms with Crippen LogP contribution in [0.4, 0.5) is 5.82 Å². The van der Waals surface area contributed by atoms with Crippen LogP contribution in [0.3, 0.4) is 0 Å². The van der Waals surface area contributed by atoms with Crippen LogP contribution in [0.5, 0.6) is 0 Å². The van der Waals surface area contributed by atoms with Crippen molar-refractivity contribution >= 4 is 12.0 Å². The second-order valence-corrected chi connectivity index (χ2v) is 5.20. The predicted octanol–water partition coefficient (Wildman–Crippen LogP) is 2.89. The summed E-state index contributed by atoms with van der Waals surface area (Å²) in [7, 11) is 1.73. The summed E-state index contributed by atoms with van der Waals surface area (Å²) in [4.78, 5) is 21.1. The van der Waals surface area contributed by atoms with E-state index in [9.17, 15) is 4.79 Å². The van der Waals surface area contributed by atoms with Gasteiger partial charge in [0.05, 0.1) is 17.6 Å². The maximum atomic E-state index is 12.4. The Balaban J connectivity index is 2.62. The van der Waals surface area contributed by atoms with Crippen molar-refractivity contribution in [2.45, 2.75) is 26.7 Å². The van der Waals surface area contributed by atoms with Crippen molar-refractivity contribution in [1.29, 1.82) is 0 Å². The molecule has 2 rings (SSSR count). The Morgan fingerprint density at radius 2 is 2.10 bits per heavy atom. The Hall–Kier alpha value is -2.43. The molecule has 0 bridgehead atoms. The first-order chi connectivity index (χ1) is 9.97. The van der Waals surface area contributed by atoms with E-state index in [1.165, 1.54) is 0 Å². The average molecular weight is 284 g/mol. The first-order valence-corrected chi connectivity index (χ1v) is 6.87. The van der Waals surface area contributed by atoms with Gasteiger partial charge in [-0.3, -0.25) is 9.55 Å². The van der Waals surface area contributed by atoms with Crippen LogP contribution >= 0.6 is 0 Å². The van der Waals surface area contributed by atoms with E-state index in [2.05, 4.69) is 30.4 Å². The number of rotatable bonds is 4. The summed E-state index contributed by atoms with van der Waals surface area (Å²) in [5.74, 6) is 0.952. The van der Waals surface area contributed by atoms with E-state index in [1.807, 2.05) is 19.1 Å². The summed E-state index contributed by atoms with van der Waals surface area (Å²) in [5.41, 5.74) is 2.37. The molecule has 0 spiro atoms. The zero-order valence-electron chi connectivity index (χ0n) is 12.9. The van der Waals surface area contributed by atoms with Gasteiger partial charge in [-0.15, -0.1) is 0 Å². The first-order valence-electron chi connectivity index (χ1n) is 6.87. The second-order valence-electron chi connectivity index (χ2n) is 5.20. The smallest absolute Gasteiger partial charge is 0.297 e. The fraction of sp³-hybridized carbons (Fsp3) is 0.312. The van der Waals surface area contributed by atoms with Crippen molar-refractivity contribution in [2.24, 2.45) is 12.0 Å². The molecule has 0 saturated heterocycles. The predicted molar refractivity (Wildman–Crippen MR) is 86.0 cm³/mol. The largest absolute Gasteiger partial charge is 0.334 e. The third kappa shape index (κ3) is 2.72. The molecule has 0 aliphatic rings. The molecule has 0 atom stereocenters. The van der Waals surface area contributed by atoms with Crippen molar-refractivity contribution in [3.05, 3.63) is 52.9 Å². The number of pyridine rings is 1. The Morgan fingerprint density at radius 1 is 1.38 bits per heavy atom. The van der Waals surface area contributed by atoms with E-state index >= 15 is 0 Å². The van der Waals surface area contributed by atoms with Crippen molar-refractivity contribution < 1.29 is 0 Å². The molecule has 5 heteroatoms. The number of nitrogens with zero attached hydrogens (tertiary/aromatic N) is 4. The number of hydrogen-bond donors (Lipinski definition) is 0. The lowest BCUT2D eigenvalue weighted by Crippen LogP contribution is -2.21. The van der Waals surface area contributed by atoms with Crippen LogP contribution in [0, 0.1) is 6.92 Å². The van der Waals surface area contributed by atoms with Crippen LogP contribution < -0.4 is 5.69 Å². The first kappa shape index (κ1) is 15.0. The van der Waals surface area contributed by atoms with Crippen LogP contribution in [0.15, 0.2) is 40.8 Å². The standard InChI is InChI=1S/C16H20N4O/c1-6-9-17-15-12(4)19(5)16(21)20(15)13-7-8-14(11(2)3)18-10-13/h6-11H,1H2,2-5H3. The van der Waals surface area contributed by atoms with Gasteiger partial charge in [0.1, 0.15) is 0 Å². The average Bonchev–Trinajstić information content (AvgIpc) is 2.69. The van der Waals surface area contributed by atoms with Crippen LogP contribution in [0.25, 0.3) is 5.69 Å². The Bertz CT molecular complexity index is 733. The molecule has 2 aromatic rings. The van der Waals surface area contributed by atoms with Crippen molar-refractivity contribution in [3.8, 4) is 5.69 Å². The van der Waals surface area contributed by atoms with Crippen LogP contribution in [-0.2, 0) is 7.05 Å². The molecule has 110 valence electrons. The number of allylic oxidation sites excluding steroid dienone is 1. The highest BCUT2D eigenvalue weighted by atomic mass is 16.1. The van der Waals surface area contributed by atoms with Gasteiger partial charge in [-0.25, -0.2) is 14.4 Å². The van der Waals surface area contributed by atoms with Crippen molar-refractivity contribution in [3.63, 3.8) is 0 Å². The van der Waals surface area contributed by atoms with Gasteiger partial charge in [-0.1, -0.05) is 26.5 Å². The van der Waals surface area contributed by atoms with Gasteiger partial charge in [-0.2, -0.15) is 0 Å². The van der Waals surface area contributed by atoms with Gasteiger partial charge in [0.25, 0.3) is 0 Å². The van der Waals surface area contributed by atoms with Crippen molar-refractivity contribution in [2.75, 3.05) is 0 Å². The van der Waals surface area contributed by atoms with Crippen LogP contribution in [0.1, 0.15) is 31.2 Å². The van der Waals surface area contributed by atoms with Gasteiger partial charge in [0, 0.05) is 19.0 Å². The van der Waals surface area contributed by atoms with E-state index in [0.717, 1.165) is 11.4 Å². The van der Waals surface area contributed by atoms with Gasteiger partial charge in [0.15, 0.2) is 5.82 Å². The number of hydrogen-bond acceptors (Lipinski definition) is 3. The zero-order chi connectivity index (χ0) is 15.6. The maximum absolute atomic E-state index is 12.4. The molecular formula is C16H20N4O. The SMILES string of the molecule is C=CC=Nc1c(C)n(C)c(=O)n1-c1ccc(C(C)C)nc1. The van der Waals surface area contributed by atoms with Gasteiger partial charge < -0.3 is 0 Å². The minimum Gasteiger partial charge on any atom is -0.297 e. The van der Waals surface area contributed by atoms with E-state index in [-0.39, 0.29) is 5.69 Å². The molecule has 21 heavy (non-hydrogen) atoms. The summed E-state index contributed by atoms with van der Waals surface area (Å²) in [5, 5.41) is 0. The minimum absolute atomic E-state index is 0.136. The molecule has 2 aromatic heterocycles. The molecule has 2 heterocycles. The molecule has 0 fully saturated rings. The summed E-state index contributed by atoms with van der Waals surface area (Å²) in [6.45, 7) is 9.64. The quantitative estimate of drug-likeness (QED) is 0.811. The van der Waals surface area contributed by atoms with Crippen LogP contribution in [0.2, 0.25) is 0 Å². The Kier molecular flexibility index (Phi) is 4.21. The zero-order valence-corrected chi connectivity index (χ0v) is 12.9. The molecule has 0 saturated carbocycles. The third-order valence-corrected chi connectivity index (χ3v) is 3.44. The summed E-state index contributed by atoms with van der Waals surface area (Å²) < 4.78 is 3.14. The highest BCUT2D eigenvalue weighted by Gasteiger charge is 2.15. The molecule has 5 nitrogen and oxygen atoms in total. The van der Waals surface area contributed by atoms with E-state index < -0.39 is 0 Å². The number of aromatic nitrogens is 3. The topological polar surface area (TPSA) is 52.2 Å². The molecule has 0 amide bonds. The highest BCUT2D eigenvalue weighted by molar-refractivity contribution is 5.73. The second kappa shape index (κ2) is 5.91. The normalized spacial score (nSPS) is 11.5. The van der Waals surface area contributed by atoms with E-state index in [1.54, 1.807) is 34.7 Å². The van der Waals surface area contributed by atoms with Gasteiger partial charge >= 0.3 is 5.69 Å². The third-order valence-electron chi connectivity index (χ3n) is 3.44. The highest BCUT2D eigenvalue weighted by Crippen LogP contribution is 2.21. The molecular weight excluding hydrogens is 264 g/mol. The minimum atomic E-state index is -0.136. The maximum Gasteiger partial charge on any atom is 0.334 e. The molecule has 0 N–H and O–H groups in total. The number of imidazole rings is 1. The summed E-state index contributed by atoms with van der Waals surface area (Å²) in [6, 6.07) is 3.84. The van der Waals surface area contributed by atoms with Crippen LogP contribution in [-0.4, -0.2) is 20.3 Å². The fourth-order valence-corrected chi connectivity index (χ4v) is 2.07. The number of aliphatic imine (C=N–C) groups is 1. The molecule has 0 aliphatic heterocycles. The summed E-state index contributed by atoms with van der Waals surface area (Å²) in [6.07, 6.45) is 4.87. The monoisotopic (exact) mass is 284 g/mol. The molecule has 0 aromatic carbocycles.